The van der Waals surface area contributed by atoms with Crippen molar-refractivity contribution in [2.45, 2.75) is 84.0 Å². The van der Waals surface area contributed by atoms with Crippen LogP contribution in [0.4, 0.5) is 15.0 Å². The summed E-state index contributed by atoms with van der Waals surface area (Å²) in [5.74, 6) is -1.50. The highest BCUT2D eigenvalue weighted by molar-refractivity contribution is 5.95. The molecule has 1 aliphatic rings. The van der Waals surface area contributed by atoms with E-state index >= 15 is 0 Å². The summed E-state index contributed by atoms with van der Waals surface area (Å²) in [5, 5.41) is 12.6. The van der Waals surface area contributed by atoms with E-state index in [1.807, 2.05) is 20.8 Å². The molecule has 2 rings (SSSR count). The molecule has 1 aliphatic carbocycles. The van der Waals surface area contributed by atoms with Crippen molar-refractivity contribution < 1.29 is 23.8 Å². The zero-order chi connectivity index (χ0) is 21.9. The zero-order valence-electron chi connectivity index (χ0n) is 17.7. The Morgan fingerprint density at radius 3 is 2.34 bits per heavy atom. The number of nitrogens with two attached hydrogens (primary N) is 1. The van der Waals surface area contributed by atoms with Crippen LogP contribution in [0.2, 0.25) is 0 Å². The Morgan fingerprint density at radius 2 is 1.90 bits per heavy atom. The van der Waals surface area contributed by atoms with Crippen molar-refractivity contribution in [1.82, 2.24) is 9.88 Å². The number of amides is 2. The monoisotopic (exact) mass is 410 g/mol. The molecular weight excluding hydrogens is 379 g/mol. The second-order valence-corrected chi connectivity index (χ2v) is 8.68. The third-order valence-corrected chi connectivity index (χ3v) is 4.89. The first-order valence-electron chi connectivity index (χ1n) is 9.86. The average molecular weight is 410 g/mol. The van der Waals surface area contributed by atoms with E-state index in [1.165, 1.54) is 4.90 Å². The van der Waals surface area contributed by atoms with E-state index < -0.39 is 23.4 Å². The van der Waals surface area contributed by atoms with E-state index in [9.17, 15) is 19.1 Å². The lowest BCUT2D eigenvalue weighted by Crippen LogP contribution is -2.52. The van der Waals surface area contributed by atoms with E-state index in [0.717, 1.165) is 6.07 Å². The highest BCUT2D eigenvalue weighted by Crippen LogP contribution is 2.31. The van der Waals surface area contributed by atoms with Gasteiger partial charge in [-0.15, -0.1) is 0 Å². The number of rotatable bonds is 6. The number of carboxylic acid groups (broad SMARTS) is 1. The number of anilines is 1. The molecule has 0 radical (unpaired) electrons. The number of nitrogens with zero attached hydrogens (tertiary/aromatic N) is 2. The molecule has 29 heavy (non-hydrogen) atoms. The first-order chi connectivity index (χ1) is 13.4. The van der Waals surface area contributed by atoms with Gasteiger partial charge in [-0.25, -0.2) is 9.18 Å². The molecule has 8 nitrogen and oxygen atoms in total. The van der Waals surface area contributed by atoms with E-state index in [1.54, 1.807) is 13.8 Å². The summed E-state index contributed by atoms with van der Waals surface area (Å²) in [6, 6.07) is 0.892. The highest BCUT2D eigenvalue weighted by Gasteiger charge is 2.35. The van der Waals surface area contributed by atoms with Crippen molar-refractivity contribution in [3.63, 3.8) is 0 Å². The van der Waals surface area contributed by atoms with Crippen LogP contribution in [0.3, 0.4) is 0 Å². The number of hydrogen-bond donors (Lipinski definition) is 3. The largest absolute Gasteiger partial charge is 0.474 e. The summed E-state index contributed by atoms with van der Waals surface area (Å²) in [7, 11) is 0. The van der Waals surface area contributed by atoms with Gasteiger partial charge in [-0.1, -0.05) is 0 Å². The van der Waals surface area contributed by atoms with Crippen LogP contribution >= 0.6 is 0 Å². The molecular formula is C20H31FN4O4. The SMILES string of the molecule is CC(C)Oc1nc(N[C@H]2CC[C@H](N(C(=O)O)C(C)(C)C)CC2)c(F)cc1C(N)=O. The topological polar surface area (TPSA) is 118 Å². The molecule has 0 unspecified atom stereocenters. The van der Waals surface area contributed by atoms with Crippen molar-refractivity contribution in [1.29, 1.82) is 0 Å². The lowest BCUT2D eigenvalue weighted by molar-refractivity contribution is 0.0556. The molecule has 1 aromatic heterocycles. The maximum absolute atomic E-state index is 14.5. The number of halogens is 1. The molecule has 0 bridgehead atoms. The summed E-state index contributed by atoms with van der Waals surface area (Å²) in [4.78, 5) is 28.9. The third kappa shape index (κ3) is 5.71. The van der Waals surface area contributed by atoms with E-state index in [0.29, 0.717) is 25.7 Å². The van der Waals surface area contributed by atoms with Crippen LogP contribution in [0.25, 0.3) is 0 Å². The Morgan fingerprint density at radius 1 is 1.31 bits per heavy atom. The second kappa shape index (κ2) is 8.84. The summed E-state index contributed by atoms with van der Waals surface area (Å²) >= 11 is 0. The van der Waals surface area contributed by atoms with E-state index in [4.69, 9.17) is 10.5 Å². The second-order valence-electron chi connectivity index (χ2n) is 8.68. The molecule has 2 amide bonds. The Hall–Kier alpha value is -2.58. The molecule has 9 heteroatoms. The van der Waals surface area contributed by atoms with Gasteiger partial charge < -0.3 is 25.8 Å². The molecule has 162 valence electrons. The normalized spacial score (nSPS) is 19.7. The summed E-state index contributed by atoms with van der Waals surface area (Å²) < 4.78 is 20.0. The Labute approximate surface area is 170 Å². The van der Waals surface area contributed by atoms with Crippen molar-refractivity contribution >= 4 is 17.8 Å². The maximum Gasteiger partial charge on any atom is 0.407 e. The number of nitrogens with one attached hydrogen (secondary N) is 1. The number of pyridine rings is 1. The Balaban J connectivity index is 2.12. The Bertz CT molecular complexity index is 756. The summed E-state index contributed by atoms with van der Waals surface area (Å²) in [6.45, 7) is 9.17. The van der Waals surface area contributed by atoms with Gasteiger partial charge in [0.25, 0.3) is 5.91 Å². The number of primary amides is 1. The first kappa shape index (κ1) is 22.7. The quantitative estimate of drug-likeness (QED) is 0.659. The minimum atomic E-state index is -0.931. The standard InChI is InChI=1S/C20H31FN4O4/c1-11(2)29-18-14(16(22)26)10-15(21)17(24-18)23-12-6-8-13(9-7-12)25(19(27)28)20(3,4)5/h10-13H,6-9H2,1-5H3,(H2,22,26)(H,23,24)(H,27,28)/t12-,13-. The molecule has 1 aromatic rings. The van der Waals surface area contributed by atoms with Gasteiger partial charge in [0.2, 0.25) is 5.88 Å². The average Bonchev–Trinajstić information content (AvgIpc) is 2.57. The molecule has 0 atom stereocenters. The van der Waals surface area contributed by atoms with Crippen molar-refractivity contribution in [3.05, 3.63) is 17.4 Å². The molecule has 0 aliphatic heterocycles. The minimum Gasteiger partial charge on any atom is -0.474 e. The number of carbonyl (C=O) groups excluding carboxylic acids is 1. The van der Waals surface area contributed by atoms with Gasteiger partial charge in [0, 0.05) is 17.6 Å². The molecule has 1 fully saturated rings. The molecule has 1 saturated carbocycles. The number of aromatic nitrogens is 1. The van der Waals surface area contributed by atoms with Crippen LogP contribution in [0, 0.1) is 5.82 Å². The minimum absolute atomic E-state index is 0.0000112. The lowest BCUT2D eigenvalue weighted by Gasteiger charge is -2.42. The molecule has 0 aromatic carbocycles. The third-order valence-electron chi connectivity index (χ3n) is 4.89. The van der Waals surface area contributed by atoms with Crippen LogP contribution in [0.5, 0.6) is 5.88 Å². The van der Waals surface area contributed by atoms with Gasteiger partial charge in [0.15, 0.2) is 11.6 Å². The highest BCUT2D eigenvalue weighted by atomic mass is 19.1. The predicted molar refractivity (Wildman–Crippen MR) is 108 cm³/mol. The number of carbonyl (C=O) groups is 2. The molecule has 0 spiro atoms. The van der Waals surface area contributed by atoms with E-state index in [-0.39, 0.29) is 35.4 Å². The van der Waals surface area contributed by atoms with Gasteiger partial charge in [-0.2, -0.15) is 4.98 Å². The van der Waals surface area contributed by atoms with Crippen molar-refractivity contribution in [2.75, 3.05) is 5.32 Å². The van der Waals surface area contributed by atoms with Gasteiger partial charge >= 0.3 is 6.09 Å². The van der Waals surface area contributed by atoms with Crippen LogP contribution in [0.1, 0.15) is 70.7 Å². The van der Waals surface area contributed by atoms with Gasteiger partial charge in [-0.3, -0.25) is 4.79 Å². The lowest BCUT2D eigenvalue weighted by atomic mass is 9.88. The Kier molecular flexibility index (Phi) is 6.92. The smallest absolute Gasteiger partial charge is 0.407 e. The summed E-state index contributed by atoms with van der Waals surface area (Å²) in [6.07, 6.45) is 1.48. The molecule has 1 heterocycles. The zero-order valence-corrected chi connectivity index (χ0v) is 17.7. The van der Waals surface area contributed by atoms with Crippen molar-refractivity contribution in [3.8, 4) is 5.88 Å². The summed E-state index contributed by atoms with van der Waals surface area (Å²) in [5.41, 5.74) is 4.71. The number of hydrogen-bond acceptors (Lipinski definition) is 5. The maximum atomic E-state index is 14.5. The van der Waals surface area contributed by atoms with Crippen LogP contribution in [-0.4, -0.2) is 50.7 Å². The fraction of sp³-hybridized carbons (Fsp3) is 0.650. The van der Waals surface area contributed by atoms with Crippen LogP contribution in [-0.2, 0) is 0 Å². The van der Waals surface area contributed by atoms with E-state index in [2.05, 4.69) is 10.3 Å². The first-order valence-corrected chi connectivity index (χ1v) is 9.86. The molecule has 0 saturated heterocycles. The van der Waals surface area contributed by atoms with Crippen molar-refractivity contribution in [2.24, 2.45) is 5.73 Å². The predicted octanol–water partition coefficient (Wildman–Crippen LogP) is 3.61. The van der Waals surface area contributed by atoms with Crippen LogP contribution in [0.15, 0.2) is 6.07 Å². The molecule has 4 N–H and O–H groups in total. The van der Waals surface area contributed by atoms with Gasteiger partial charge in [-0.05, 0) is 66.4 Å². The fourth-order valence-corrected chi connectivity index (χ4v) is 3.73. The van der Waals surface area contributed by atoms with Gasteiger partial charge in [0.05, 0.1) is 6.10 Å². The van der Waals surface area contributed by atoms with Gasteiger partial charge in [0.1, 0.15) is 5.56 Å². The number of ether oxygens (including phenoxy) is 1. The van der Waals surface area contributed by atoms with Crippen LogP contribution < -0.4 is 15.8 Å². The fourth-order valence-electron chi connectivity index (χ4n) is 3.73.